The van der Waals surface area contributed by atoms with Gasteiger partial charge in [0.1, 0.15) is 0 Å². The number of rotatable bonds is 4. The summed E-state index contributed by atoms with van der Waals surface area (Å²) in [5.41, 5.74) is 2.83. The molecule has 0 spiro atoms. The number of aromatic nitrogens is 1. The molecule has 0 amide bonds. The molecule has 2 rings (SSSR count). The number of hydrogen-bond donors (Lipinski definition) is 0. The van der Waals surface area contributed by atoms with Crippen molar-refractivity contribution in [1.82, 2.24) is 4.98 Å². The summed E-state index contributed by atoms with van der Waals surface area (Å²) in [5, 5.41) is 3.15. The van der Waals surface area contributed by atoms with Crippen LogP contribution >= 0.6 is 27.3 Å². The maximum atomic E-state index is 11.3. The molecule has 3 nitrogen and oxygen atoms in total. The van der Waals surface area contributed by atoms with Crippen molar-refractivity contribution in [2.75, 3.05) is 11.9 Å². The van der Waals surface area contributed by atoms with E-state index in [-0.39, 0.29) is 5.78 Å². The molecule has 100 valence electrons. The summed E-state index contributed by atoms with van der Waals surface area (Å²) in [7, 11) is 2.02. The van der Waals surface area contributed by atoms with Gasteiger partial charge in [-0.1, -0.05) is 0 Å². The van der Waals surface area contributed by atoms with E-state index >= 15 is 0 Å². The van der Waals surface area contributed by atoms with E-state index in [9.17, 15) is 4.79 Å². The Labute approximate surface area is 125 Å². The Kier molecular flexibility index (Phi) is 4.37. The van der Waals surface area contributed by atoms with E-state index in [1.54, 1.807) is 18.3 Å². The summed E-state index contributed by atoms with van der Waals surface area (Å²) < 4.78 is 0.926. The minimum Gasteiger partial charge on any atom is -0.368 e. The molecule has 1 aromatic carbocycles. The summed E-state index contributed by atoms with van der Waals surface area (Å²) in [6.07, 6.45) is 0. The summed E-state index contributed by atoms with van der Waals surface area (Å²) in [4.78, 5) is 17.9. The Balaban J connectivity index is 2.19. The van der Waals surface area contributed by atoms with Gasteiger partial charge in [0.2, 0.25) is 0 Å². The zero-order valence-corrected chi connectivity index (χ0v) is 13.5. The van der Waals surface area contributed by atoms with Crippen LogP contribution in [0, 0.1) is 6.92 Å². The fourth-order valence-electron chi connectivity index (χ4n) is 1.84. The van der Waals surface area contributed by atoms with Gasteiger partial charge in [-0.2, -0.15) is 0 Å². The SMILES string of the molecule is CC(=O)c1ccc(N(C)Cc2csc(C)n2)c(Br)c1. The molecule has 0 unspecified atom stereocenters. The average molecular weight is 339 g/mol. The number of nitrogens with zero attached hydrogens (tertiary/aromatic N) is 2. The third kappa shape index (κ3) is 3.42. The van der Waals surface area contributed by atoms with Gasteiger partial charge in [0, 0.05) is 22.5 Å². The summed E-state index contributed by atoms with van der Waals surface area (Å²) >= 11 is 5.18. The van der Waals surface area contributed by atoms with E-state index in [1.807, 2.05) is 32.2 Å². The highest BCUT2D eigenvalue weighted by atomic mass is 79.9. The molecule has 0 radical (unpaired) electrons. The predicted molar refractivity (Wildman–Crippen MR) is 83.1 cm³/mol. The van der Waals surface area contributed by atoms with Crippen LogP contribution in [0.5, 0.6) is 0 Å². The number of ketones is 1. The van der Waals surface area contributed by atoms with Crippen molar-refractivity contribution in [2.45, 2.75) is 20.4 Å². The molecule has 0 fully saturated rings. The lowest BCUT2D eigenvalue weighted by molar-refractivity contribution is 0.101. The number of carbonyl (C=O) groups is 1. The van der Waals surface area contributed by atoms with Gasteiger partial charge in [-0.3, -0.25) is 4.79 Å². The van der Waals surface area contributed by atoms with Crippen LogP contribution in [-0.4, -0.2) is 17.8 Å². The van der Waals surface area contributed by atoms with E-state index < -0.39 is 0 Å². The second-order valence-corrected chi connectivity index (χ2v) is 6.35. The molecule has 1 heterocycles. The molecule has 5 heteroatoms. The second-order valence-electron chi connectivity index (χ2n) is 4.44. The van der Waals surface area contributed by atoms with E-state index in [4.69, 9.17) is 0 Å². The number of carbonyl (C=O) groups excluding carboxylic acids is 1. The van der Waals surface area contributed by atoms with E-state index in [0.717, 1.165) is 27.4 Å². The van der Waals surface area contributed by atoms with Crippen molar-refractivity contribution in [1.29, 1.82) is 0 Å². The molecule has 0 N–H and O–H groups in total. The molecule has 0 saturated heterocycles. The molecule has 19 heavy (non-hydrogen) atoms. The third-order valence-corrected chi connectivity index (χ3v) is 4.29. The normalized spacial score (nSPS) is 10.5. The lowest BCUT2D eigenvalue weighted by Gasteiger charge is -2.20. The monoisotopic (exact) mass is 338 g/mol. The fraction of sp³-hybridized carbons (Fsp3) is 0.286. The molecule has 1 aromatic heterocycles. The van der Waals surface area contributed by atoms with Crippen LogP contribution in [0.2, 0.25) is 0 Å². The van der Waals surface area contributed by atoms with Gasteiger partial charge in [-0.05, 0) is 48.0 Å². The smallest absolute Gasteiger partial charge is 0.159 e. The van der Waals surface area contributed by atoms with Crippen LogP contribution in [0.4, 0.5) is 5.69 Å². The van der Waals surface area contributed by atoms with E-state index in [0.29, 0.717) is 5.56 Å². The van der Waals surface area contributed by atoms with Crippen molar-refractivity contribution in [3.8, 4) is 0 Å². The Morgan fingerprint density at radius 2 is 2.21 bits per heavy atom. The molecule has 2 aromatic rings. The first-order valence-corrected chi connectivity index (χ1v) is 7.57. The maximum Gasteiger partial charge on any atom is 0.159 e. The zero-order valence-electron chi connectivity index (χ0n) is 11.1. The first kappa shape index (κ1) is 14.2. The topological polar surface area (TPSA) is 33.2 Å². The zero-order chi connectivity index (χ0) is 14.0. The van der Waals surface area contributed by atoms with Crippen molar-refractivity contribution >= 4 is 38.7 Å². The molecule has 0 aliphatic heterocycles. The lowest BCUT2D eigenvalue weighted by atomic mass is 10.1. The Morgan fingerprint density at radius 3 is 2.74 bits per heavy atom. The number of halogens is 1. The maximum absolute atomic E-state index is 11.3. The van der Waals surface area contributed by atoms with Crippen LogP contribution in [0.25, 0.3) is 0 Å². The van der Waals surface area contributed by atoms with Crippen molar-refractivity contribution in [3.63, 3.8) is 0 Å². The highest BCUT2D eigenvalue weighted by Gasteiger charge is 2.10. The van der Waals surface area contributed by atoms with Crippen LogP contribution in [0.15, 0.2) is 28.1 Å². The number of aryl methyl sites for hydroxylation is 1. The van der Waals surface area contributed by atoms with Crippen LogP contribution in [0.1, 0.15) is 28.0 Å². The highest BCUT2D eigenvalue weighted by Crippen LogP contribution is 2.28. The van der Waals surface area contributed by atoms with Crippen molar-refractivity contribution < 1.29 is 4.79 Å². The molecule has 0 atom stereocenters. The largest absolute Gasteiger partial charge is 0.368 e. The van der Waals surface area contributed by atoms with Crippen molar-refractivity contribution in [2.24, 2.45) is 0 Å². The van der Waals surface area contributed by atoms with Crippen LogP contribution < -0.4 is 4.90 Å². The first-order chi connectivity index (χ1) is 8.97. The molecule has 0 aliphatic rings. The number of hydrogen-bond acceptors (Lipinski definition) is 4. The second kappa shape index (κ2) is 5.84. The van der Waals surface area contributed by atoms with Gasteiger partial charge in [-0.25, -0.2) is 4.98 Å². The Hall–Kier alpha value is -1.20. The first-order valence-electron chi connectivity index (χ1n) is 5.90. The van der Waals surface area contributed by atoms with Gasteiger partial charge in [0.05, 0.1) is 22.9 Å². The minimum absolute atomic E-state index is 0.0741. The predicted octanol–water partition coefficient (Wildman–Crippen LogP) is 4.05. The van der Waals surface area contributed by atoms with Gasteiger partial charge in [-0.15, -0.1) is 11.3 Å². The van der Waals surface area contributed by atoms with Gasteiger partial charge in [0.25, 0.3) is 0 Å². The molecule has 0 saturated carbocycles. The van der Waals surface area contributed by atoms with E-state index in [2.05, 4.69) is 31.2 Å². The van der Waals surface area contributed by atoms with E-state index in [1.165, 1.54) is 0 Å². The minimum atomic E-state index is 0.0741. The number of benzene rings is 1. The standard InChI is InChI=1S/C14H15BrN2OS/c1-9(18)11-4-5-14(13(15)6-11)17(3)7-12-8-19-10(2)16-12/h4-6,8H,7H2,1-3H3. The third-order valence-electron chi connectivity index (χ3n) is 2.83. The fourth-order valence-corrected chi connectivity index (χ4v) is 3.13. The average Bonchev–Trinajstić information content (AvgIpc) is 2.74. The number of thiazole rings is 1. The molecular formula is C14H15BrN2OS. The van der Waals surface area contributed by atoms with Gasteiger partial charge < -0.3 is 4.90 Å². The Morgan fingerprint density at radius 1 is 1.47 bits per heavy atom. The lowest BCUT2D eigenvalue weighted by Crippen LogP contribution is -2.17. The number of anilines is 1. The summed E-state index contributed by atoms with van der Waals surface area (Å²) in [5.74, 6) is 0.0741. The molecular weight excluding hydrogens is 324 g/mol. The molecule has 0 bridgehead atoms. The van der Waals surface area contributed by atoms with Gasteiger partial charge in [0.15, 0.2) is 5.78 Å². The summed E-state index contributed by atoms with van der Waals surface area (Å²) in [6.45, 7) is 4.33. The highest BCUT2D eigenvalue weighted by molar-refractivity contribution is 9.10. The quantitative estimate of drug-likeness (QED) is 0.788. The Bertz CT molecular complexity index is 609. The number of Topliss-reactive ketones (excluding diaryl/α,β-unsaturated/α-hetero) is 1. The van der Waals surface area contributed by atoms with Gasteiger partial charge >= 0.3 is 0 Å². The van der Waals surface area contributed by atoms with Crippen LogP contribution in [-0.2, 0) is 6.54 Å². The summed E-state index contributed by atoms with van der Waals surface area (Å²) in [6, 6.07) is 5.67. The van der Waals surface area contributed by atoms with Crippen LogP contribution in [0.3, 0.4) is 0 Å². The molecule has 0 aliphatic carbocycles. The van der Waals surface area contributed by atoms with Crippen molar-refractivity contribution in [3.05, 3.63) is 44.3 Å².